The van der Waals surface area contributed by atoms with Gasteiger partial charge in [0.1, 0.15) is 17.4 Å². The molecule has 1 saturated heterocycles. The first-order valence-electron chi connectivity index (χ1n) is 13.4. The minimum atomic E-state index is -0.764. The maximum absolute atomic E-state index is 11.6. The Bertz CT molecular complexity index is 1550. The summed E-state index contributed by atoms with van der Waals surface area (Å²) in [4.78, 5) is 16.3. The highest BCUT2D eigenvalue weighted by Crippen LogP contribution is 2.46. The average molecular weight is 541 g/mol. The predicted molar refractivity (Wildman–Crippen MR) is 154 cm³/mol. The van der Waals surface area contributed by atoms with Crippen LogP contribution in [-0.2, 0) is 16.7 Å². The Kier molecular flexibility index (Phi) is 6.65. The third-order valence-corrected chi connectivity index (χ3v) is 8.72. The number of aromatic nitrogens is 5. The molecule has 2 fully saturated rings. The molecule has 0 radical (unpaired) electrons. The number of rotatable bonds is 9. The van der Waals surface area contributed by atoms with Gasteiger partial charge < -0.3 is 14.8 Å². The molecule has 9 nitrogen and oxygen atoms in total. The van der Waals surface area contributed by atoms with Gasteiger partial charge in [-0.15, -0.1) is 0 Å². The van der Waals surface area contributed by atoms with Gasteiger partial charge in [-0.05, 0) is 47.9 Å². The highest BCUT2D eigenvalue weighted by molar-refractivity contribution is 7.90. The summed E-state index contributed by atoms with van der Waals surface area (Å²) >= 11 is -0.764. The number of nitrogens with zero attached hydrogens (tertiary/aromatic N) is 7. The number of fused-ring (bicyclic) bond motifs is 1. The predicted octanol–water partition coefficient (Wildman–Crippen LogP) is 4.97. The second kappa shape index (κ2) is 10.1. The van der Waals surface area contributed by atoms with E-state index < -0.39 is 11.2 Å². The second-order valence-electron chi connectivity index (χ2n) is 11.1. The number of benzene rings is 1. The van der Waals surface area contributed by atoms with Crippen molar-refractivity contribution >= 4 is 39.3 Å². The van der Waals surface area contributed by atoms with E-state index in [2.05, 4.69) is 58.4 Å². The fourth-order valence-electron chi connectivity index (χ4n) is 5.47. The molecule has 1 aliphatic heterocycles. The van der Waals surface area contributed by atoms with Gasteiger partial charge in [0.15, 0.2) is 5.82 Å². The largest absolute Gasteiger partial charge is 0.617 e. The Labute approximate surface area is 231 Å². The summed E-state index contributed by atoms with van der Waals surface area (Å²) in [6.45, 7) is 6.26. The molecule has 10 heteroatoms. The summed E-state index contributed by atoms with van der Waals surface area (Å²) in [6.07, 6.45) is 11.6. The first kappa shape index (κ1) is 25.6. The molecular formula is C29H32N8OS. The molecule has 4 heterocycles. The van der Waals surface area contributed by atoms with Crippen LogP contribution in [0.3, 0.4) is 0 Å². The molecule has 0 bridgehead atoms. The smallest absolute Gasteiger partial charge is 0.164 e. The number of anilines is 3. The summed E-state index contributed by atoms with van der Waals surface area (Å²) in [5, 5.41) is 19.3. The minimum Gasteiger partial charge on any atom is -0.617 e. The third kappa shape index (κ3) is 5.04. The van der Waals surface area contributed by atoms with E-state index >= 15 is 0 Å². The Balaban J connectivity index is 1.25. The van der Waals surface area contributed by atoms with Gasteiger partial charge in [0.2, 0.25) is 0 Å². The van der Waals surface area contributed by atoms with Crippen LogP contribution in [0.2, 0.25) is 0 Å². The van der Waals surface area contributed by atoms with E-state index in [9.17, 15) is 9.81 Å². The molecule has 1 aliphatic carbocycles. The maximum Gasteiger partial charge on any atom is 0.164 e. The van der Waals surface area contributed by atoms with Gasteiger partial charge in [-0.1, -0.05) is 31.1 Å². The van der Waals surface area contributed by atoms with Crippen LogP contribution in [0, 0.1) is 17.2 Å². The molecule has 1 N–H and O–H groups in total. The van der Waals surface area contributed by atoms with Crippen LogP contribution in [0.5, 0.6) is 0 Å². The first-order valence-corrected chi connectivity index (χ1v) is 15.1. The van der Waals surface area contributed by atoms with Crippen LogP contribution in [-0.4, -0.2) is 54.4 Å². The lowest BCUT2D eigenvalue weighted by Crippen LogP contribution is -2.49. The van der Waals surface area contributed by atoms with E-state index in [1.807, 2.05) is 23.1 Å². The van der Waals surface area contributed by atoms with Crippen molar-refractivity contribution in [3.05, 3.63) is 54.6 Å². The Morgan fingerprint density at radius 3 is 2.69 bits per heavy atom. The number of pyridine rings is 1. The van der Waals surface area contributed by atoms with Gasteiger partial charge >= 0.3 is 0 Å². The SMILES string of the molecule is CC(C)c1ccc(N2CC(C[S+](C)[O-])C2)c2cnc(Nc3ccnc(-c4cnn(C5(CC#N)CC5)c4)n3)cc12. The van der Waals surface area contributed by atoms with Crippen LogP contribution in [0.25, 0.3) is 22.2 Å². The molecule has 1 aromatic carbocycles. The minimum absolute atomic E-state index is 0.170. The summed E-state index contributed by atoms with van der Waals surface area (Å²) in [5.74, 6) is 3.54. The molecule has 1 atom stereocenters. The molecule has 1 unspecified atom stereocenters. The molecule has 0 spiro atoms. The van der Waals surface area contributed by atoms with Crippen LogP contribution < -0.4 is 10.2 Å². The Morgan fingerprint density at radius 2 is 1.97 bits per heavy atom. The monoisotopic (exact) mass is 540 g/mol. The van der Waals surface area contributed by atoms with Gasteiger partial charge in [0.25, 0.3) is 0 Å². The van der Waals surface area contributed by atoms with Crippen LogP contribution in [0.1, 0.15) is 44.6 Å². The molecule has 3 aromatic heterocycles. The lowest BCUT2D eigenvalue weighted by molar-refractivity contribution is 0.440. The van der Waals surface area contributed by atoms with Crippen molar-refractivity contribution in [2.75, 3.05) is 35.3 Å². The quantitative estimate of drug-likeness (QED) is 0.296. The molecular weight excluding hydrogens is 508 g/mol. The number of nitrogens with one attached hydrogen (secondary N) is 1. The maximum atomic E-state index is 11.6. The van der Waals surface area contributed by atoms with Crippen molar-refractivity contribution in [1.82, 2.24) is 24.7 Å². The highest BCUT2D eigenvalue weighted by atomic mass is 32.2. The number of hydrogen-bond donors (Lipinski definition) is 1. The van der Waals surface area contributed by atoms with E-state index in [-0.39, 0.29) is 5.54 Å². The van der Waals surface area contributed by atoms with Gasteiger partial charge in [-0.25, -0.2) is 15.0 Å². The standard InChI is InChI=1S/C29H32N8OS/c1-19(2)22-4-5-25(36-15-20(16-36)18-39(3)38)24-14-32-27(12-23(22)24)34-26-6-11-31-28(35-26)21-13-33-37(17-21)29(7-8-29)9-10-30/h4-6,11-14,17,19-20H,7-9,15-16,18H2,1-3H3,(H,31,32,34,35). The van der Waals surface area contributed by atoms with Crippen molar-refractivity contribution in [3.8, 4) is 17.5 Å². The zero-order chi connectivity index (χ0) is 27.1. The summed E-state index contributed by atoms with van der Waals surface area (Å²) < 4.78 is 13.5. The molecule has 39 heavy (non-hydrogen) atoms. The van der Waals surface area contributed by atoms with E-state index in [4.69, 9.17) is 9.97 Å². The zero-order valence-electron chi connectivity index (χ0n) is 22.5. The van der Waals surface area contributed by atoms with Crippen molar-refractivity contribution in [1.29, 1.82) is 5.26 Å². The van der Waals surface area contributed by atoms with E-state index in [0.29, 0.717) is 29.9 Å². The van der Waals surface area contributed by atoms with Gasteiger partial charge in [0.05, 0.1) is 36.0 Å². The molecule has 200 valence electrons. The lowest BCUT2D eigenvalue weighted by Gasteiger charge is -2.41. The Morgan fingerprint density at radius 1 is 1.15 bits per heavy atom. The lowest BCUT2D eigenvalue weighted by atomic mass is 9.93. The van der Waals surface area contributed by atoms with E-state index in [1.54, 1.807) is 18.6 Å². The summed E-state index contributed by atoms with van der Waals surface area (Å²) in [7, 11) is 0. The average Bonchev–Trinajstić information content (AvgIpc) is 3.49. The Hall–Kier alpha value is -3.68. The molecule has 4 aromatic rings. The van der Waals surface area contributed by atoms with Crippen molar-refractivity contribution in [3.63, 3.8) is 0 Å². The van der Waals surface area contributed by atoms with Crippen LogP contribution in [0.4, 0.5) is 17.3 Å². The van der Waals surface area contributed by atoms with Crippen LogP contribution in [0.15, 0.2) is 49.1 Å². The third-order valence-electron chi connectivity index (χ3n) is 7.78. The summed E-state index contributed by atoms with van der Waals surface area (Å²) in [6, 6.07) is 10.6. The zero-order valence-corrected chi connectivity index (χ0v) is 23.3. The van der Waals surface area contributed by atoms with E-state index in [1.165, 1.54) is 16.6 Å². The van der Waals surface area contributed by atoms with Crippen molar-refractivity contribution in [2.24, 2.45) is 5.92 Å². The van der Waals surface area contributed by atoms with Gasteiger partial charge in [-0.2, -0.15) is 10.4 Å². The molecule has 6 rings (SSSR count). The van der Waals surface area contributed by atoms with Crippen molar-refractivity contribution in [2.45, 2.75) is 44.6 Å². The second-order valence-corrected chi connectivity index (χ2v) is 12.6. The molecule has 1 saturated carbocycles. The van der Waals surface area contributed by atoms with Gasteiger partial charge in [-0.3, -0.25) is 4.68 Å². The van der Waals surface area contributed by atoms with Crippen molar-refractivity contribution < 1.29 is 4.55 Å². The first-order chi connectivity index (χ1) is 18.8. The van der Waals surface area contributed by atoms with Crippen LogP contribution >= 0.6 is 0 Å². The fourth-order valence-corrected chi connectivity index (χ4v) is 6.35. The number of nitriles is 1. The highest BCUT2D eigenvalue weighted by Gasteiger charge is 2.45. The molecule has 0 amide bonds. The molecule has 2 aliphatic rings. The number of hydrogen-bond acceptors (Lipinski definition) is 8. The summed E-state index contributed by atoms with van der Waals surface area (Å²) in [5.41, 5.74) is 3.10. The normalized spacial score (nSPS) is 17.2. The topological polar surface area (TPSA) is 119 Å². The fraction of sp³-hybridized carbons (Fsp3) is 0.414. The van der Waals surface area contributed by atoms with E-state index in [0.717, 1.165) is 48.5 Å². The van der Waals surface area contributed by atoms with Gasteiger partial charge in [0, 0.05) is 48.7 Å².